The molecule has 0 saturated carbocycles. The van der Waals surface area contributed by atoms with Crippen LogP contribution in [0.4, 0.5) is 8.78 Å². The van der Waals surface area contributed by atoms with Gasteiger partial charge in [-0.1, -0.05) is 6.58 Å². The molecule has 4 aromatic heterocycles. The number of likely N-dealkylation sites (N-methyl/N-ethyl adjacent to an activating group) is 1. The molecule has 9 nitrogen and oxygen atoms in total. The van der Waals surface area contributed by atoms with Gasteiger partial charge in [0.1, 0.15) is 35.4 Å². The minimum absolute atomic E-state index is 0.0424. The maximum absolute atomic E-state index is 16.2. The number of pyridine rings is 2. The molecule has 7 rings (SSSR count). The van der Waals surface area contributed by atoms with E-state index in [2.05, 4.69) is 31.5 Å². The summed E-state index contributed by atoms with van der Waals surface area (Å²) in [6.07, 6.45) is 4.04. The Kier molecular flexibility index (Phi) is 8.80. The summed E-state index contributed by atoms with van der Waals surface area (Å²) >= 11 is 1.44. The van der Waals surface area contributed by atoms with Crippen LogP contribution in [0.5, 0.6) is 5.75 Å². The van der Waals surface area contributed by atoms with Crippen LogP contribution >= 0.6 is 11.3 Å². The van der Waals surface area contributed by atoms with Crippen molar-refractivity contribution in [3.05, 3.63) is 83.1 Å². The molecule has 6 heterocycles. The van der Waals surface area contributed by atoms with E-state index < -0.39 is 11.6 Å². The third kappa shape index (κ3) is 5.71. The maximum atomic E-state index is 16.2. The lowest BCUT2D eigenvalue weighted by Gasteiger charge is -2.36. The number of carbonyl (C=O) groups is 1. The second-order valence-corrected chi connectivity index (χ2v) is 13.7. The molecule has 0 saturated heterocycles. The quantitative estimate of drug-likeness (QED) is 0.125. The van der Waals surface area contributed by atoms with E-state index >= 15 is 4.39 Å². The van der Waals surface area contributed by atoms with Crippen molar-refractivity contribution in [2.24, 2.45) is 0 Å². The van der Waals surface area contributed by atoms with Crippen molar-refractivity contribution >= 4 is 27.3 Å². The fourth-order valence-electron chi connectivity index (χ4n) is 6.99. The molecule has 254 valence electrons. The first kappa shape index (κ1) is 33.0. The Bertz CT molecular complexity index is 2090. The predicted octanol–water partition coefficient (Wildman–Crippen LogP) is 7.39. The number of halogens is 2. The maximum Gasteiger partial charge on any atom is 0.246 e. The third-order valence-electron chi connectivity index (χ3n) is 9.75. The Balaban J connectivity index is 1.50. The Morgan fingerprint density at radius 1 is 1.10 bits per heavy atom. The highest BCUT2D eigenvalue weighted by Crippen LogP contribution is 2.48. The van der Waals surface area contributed by atoms with Crippen LogP contribution in [-0.4, -0.2) is 75.9 Å². The molecule has 0 spiro atoms. The van der Waals surface area contributed by atoms with Gasteiger partial charge in [0.15, 0.2) is 0 Å². The third-order valence-corrected chi connectivity index (χ3v) is 10.7. The fourth-order valence-corrected chi connectivity index (χ4v) is 7.94. The van der Waals surface area contributed by atoms with Gasteiger partial charge in [-0.2, -0.15) is 5.10 Å². The van der Waals surface area contributed by atoms with Gasteiger partial charge in [0.2, 0.25) is 5.91 Å². The Hall–Kier alpha value is -4.52. The first-order valence-corrected chi connectivity index (χ1v) is 17.2. The van der Waals surface area contributed by atoms with Crippen LogP contribution in [0.15, 0.2) is 54.6 Å². The normalized spacial score (nSPS) is 19.2. The number of methoxy groups -OCH3 is 1. The topological polar surface area (TPSA) is 85.6 Å². The summed E-state index contributed by atoms with van der Waals surface area (Å²) in [5.74, 6) is -1.66. The van der Waals surface area contributed by atoms with Gasteiger partial charge in [-0.25, -0.2) is 13.8 Å². The van der Waals surface area contributed by atoms with Crippen LogP contribution < -0.4 is 4.74 Å². The van der Waals surface area contributed by atoms with Crippen LogP contribution in [0, 0.1) is 11.6 Å². The molecule has 5 aromatic rings. The second-order valence-electron chi connectivity index (χ2n) is 12.7. The zero-order valence-corrected chi connectivity index (χ0v) is 29.0. The Labute approximate surface area is 287 Å². The largest absolute Gasteiger partial charge is 0.490 e. The van der Waals surface area contributed by atoms with E-state index in [0.717, 1.165) is 51.6 Å². The van der Waals surface area contributed by atoms with Crippen molar-refractivity contribution in [3.8, 4) is 39.5 Å². The first-order valence-electron chi connectivity index (χ1n) is 16.4. The highest BCUT2D eigenvalue weighted by molar-refractivity contribution is 7.18. The Morgan fingerprint density at radius 3 is 2.69 bits per heavy atom. The molecule has 3 atom stereocenters. The number of amides is 1. The molecule has 0 N–H and O–H groups in total. The van der Waals surface area contributed by atoms with Crippen molar-refractivity contribution < 1.29 is 23.0 Å². The Morgan fingerprint density at radius 2 is 1.92 bits per heavy atom. The number of aromatic nitrogens is 4. The summed E-state index contributed by atoms with van der Waals surface area (Å²) < 4.78 is 44.7. The van der Waals surface area contributed by atoms with Gasteiger partial charge < -0.3 is 14.4 Å². The zero-order chi connectivity index (χ0) is 34.6. The molecule has 0 radical (unpaired) electrons. The van der Waals surface area contributed by atoms with E-state index in [0.29, 0.717) is 29.2 Å². The molecule has 1 amide bonds. The summed E-state index contributed by atoms with van der Waals surface area (Å²) in [6, 6.07) is 7.83. The van der Waals surface area contributed by atoms with Gasteiger partial charge >= 0.3 is 0 Å². The molecular formula is C37H38F2N6O3S. The molecule has 12 heteroatoms. The molecule has 1 aromatic carbocycles. The fraction of sp³-hybridized carbons (Fsp3) is 0.351. The van der Waals surface area contributed by atoms with E-state index in [1.54, 1.807) is 4.90 Å². The number of benzene rings is 1. The molecule has 2 aliphatic rings. The number of thiophene rings is 1. The smallest absolute Gasteiger partial charge is 0.246 e. The monoisotopic (exact) mass is 684 g/mol. The van der Waals surface area contributed by atoms with Crippen LogP contribution in [0.25, 0.3) is 43.9 Å². The molecule has 0 bridgehead atoms. The van der Waals surface area contributed by atoms with E-state index in [1.165, 1.54) is 30.6 Å². The number of hydrogen-bond acceptors (Lipinski definition) is 8. The molecular weight excluding hydrogens is 647 g/mol. The minimum Gasteiger partial charge on any atom is -0.490 e. The second kappa shape index (κ2) is 13.1. The van der Waals surface area contributed by atoms with Crippen molar-refractivity contribution in [1.82, 2.24) is 29.5 Å². The van der Waals surface area contributed by atoms with Crippen molar-refractivity contribution in [3.63, 3.8) is 0 Å². The lowest BCUT2D eigenvalue weighted by molar-refractivity contribution is -0.129. The van der Waals surface area contributed by atoms with E-state index in [1.807, 2.05) is 42.2 Å². The van der Waals surface area contributed by atoms with Gasteiger partial charge in [0, 0.05) is 77.9 Å². The van der Waals surface area contributed by atoms with Crippen LogP contribution in [-0.2, 0) is 16.0 Å². The number of fused-ring (bicyclic) bond motifs is 3. The molecule has 0 unspecified atom stereocenters. The van der Waals surface area contributed by atoms with Crippen LogP contribution in [0.1, 0.15) is 55.8 Å². The summed E-state index contributed by atoms with van der Waals surface area (Å²) in [5.41, 5.74) is 6.01. The molecule has 0 fully saturated rings. The molecule has 2 aliphatic heterocycles. The highest BCUT2D eigenvalue weighted by atomic mass is 32.1. The molecule has 0 aliphatic carbocycles. The number of ether oxygens (including phenoxy) is 2. The number of nitrogens with zero attached hydrogens (tertiary/aromatic N) is 6. The van der Waals surface area contributed by atoms with Gasteiger partial charge in [-0.05, 0) is 63.0 Å². The lowest BCUT2D eigenvalue weighted by Crippen LogP contribution is -2.42. The van der Waals surface area contributed by atoms with Crippen molar-refractivity contribution in [1.29, 1.82) is 0 Å². The molecule has 49 heavy (non-hydrogen) atoms. The number of carbonyl (C=O) groups excluding carboxylic acids is 1. The average Bonchev–Trinajstić information content (AvgIpc) is 3.76. The van der Waals surface area contributed by atoms with Gasteiger partial charge in [-0.15, -0.1) is 11.3 Å². The van der Waals surface area contributed by atoms with Crippen LogP contribution in [0.2, 0.25) is 0 Å². The van der Waals surface area contributed by atoms with Crippen molar-refractivity contribution in [2.75, 3.05) is 40.5 Å². The number of rotatable bonds is 8. The standard InChI is InChI=1S/C37H38F2N6O3S/c1-7-32(46)44-19-20(2)45-30(22(44)4)17-29(42-45)36-34(33-27(39)15-24(38)16-31(33)48-12-11-47-6)37-25(9-13-49-37)35(41-36)23-14-26-21(3)43(5)10-8-28(26)40-18-23/h7,9,13-18,20-22H,1,8,10-12,19H2,2-6H3/t20-,21+,22+/m0/s1. The average molecular weight is 685 g/mol. The SMILES string of the molecule is C=CC(=O)N1C[C@H](C)n2nc(-c3nc(-c4cnc5c(c4)[C@@H](C)N(C)CC5)c4ccsc4c3-c3c(F)cc(F)cc3OCCOC)cc2[C@H]1C. The van der Waals surface area contributed by atoms with Crippen molar-refractivity contribution in [2.45, 2.75) is 45.3 Å². The first-order chi connectivity index (χ1) is 23.6. The number of hydrogen-bond donors (Lipinski definition) is 0. The summed E-state index contributed by atoms with van der Waals surface area (Å²) in [7, 11) is 3.64. The van der Waals surface area contributed by atoms with Gasteiger partial charge in [0.05, 0.1) is 35.6 Å². The zero-order valence-electron chi connectivity index (χ0n) is 28.2. The van der Waals surface area contributed by atoms with E-state index in [-0.39, 0.29) is 48.6 Å². The summed E-state index contributed by atoms with van der Waals surface area (Å²) in [5, 5.41) is 7.80. The summed E-state index contributed by atoms with van der Waals surface area (Å²) in [6.45, 7) is 11.5. The van der Waals surface area contributed by atoms with Gasteiger partial charge in [-0.3, -0.25) is 19.4 Å². The highest BCUT2D eigenvalue weighted by Gasteiger charge is 2.34. The van der Waals surface area contributed by atoms with Gasteiger partial charge in [0.25, 0.3) is 0 Å². The van der Waals surface area contributed by atoms with E-state index in [4.69, 9.17) is 24.5 Å². The van der Waals surface area contributed by atoms with E-state index in [9.17, 15) is 9.18 Å². The summed E-state index contributed by atoms with van der Waals surface area (Å²) in [4.78, 5) is 27.0. The predicted molar refractivity (Wildman–Crippen MR) is 187 cm³/mol. The lowest BCUT2D eigenvalue weighted by atomic mass is 9.94. The minimum atomic E-state index is -0.779. The van der Waals surface area contributed by atoms with Crippen LogP contribution in [0.3, 0.4) is 0 Å².